The second-order valence-corrected chi connectivity index (χ2v) is 2.78. The van der Waals surface area contributed by atoms with E-state index in [1.165, 1.54) is 5.56 Å². The number of aromatic nitrogens is 1. The molecule has 0 N–H and O–H groups in total. The molecule has 0 amide bonds. The molecule has 2 heteroatoms. The van der Waals surface area contributed by atoms with Crippen LogP contribution in [0.15, 0.2) is 41.2 Å². The second kappa shape index (κ2) is 2.81. The van der Waals surface area contributed by atoms with Crippen molar-refractivity contribution in [3.8, 4) is 11.1 Å². The standard InChI is InChI=1S/C10H9NO/c1-8-3-2-4-9(5-8)10-6-11-12-7-10/h2-7H,1H3. The average Bonchev–Trinajstić information content (AvgIpc) is 2.56. The third-order valence-electron chi connectivity index (χ3n) is 1.78. The van der Waals surface area contributed by atoms with Gasteiger partial charge in [0.25, 0.3) is 0 Å². The summed E-state index contributed by atoms with van der Waals surface area (Å²) in [6.07, 6.45) is 3.36. The van der Waals surface area contributed by atoms with Crippen LogP contribution in [0.2, 0.25) is 0 Å². The smallest absolute Gasteiger partial charge is 0.131 e. The summed E-state index contributed by atoms with van der Waals surface area (Å²) in [6.45, 7) is 2.07. The molecule has 1 aromatic heterocycles. The summed E-state index contributed by atoms with van der Waals surface area (Å²) < 4.78 is 4.76. The molecule has 0 atom stereocenters. The molecular weight excluding hydrogens is 150 g/mol. The van der Waals surface area contributed by atoms with Crippen LogP contribution in [-0.2, 0) is 0 Å². The monoisotopic (exact) mass is 159 g/mol. The number of aryl methyl sites for hydroxylation is 1. The van der Waals surface area contributed by atoms with Crippen LogP contribution < -0.4 is 0 Å². The van der Waals surface area contributed by atoms with Crippen LogP contribution in [0.3, 0.4) is 0 Å². The third kappa shape index (κ3) is 1.23. The van der Waals surface area contributed by atoms with E-state index in [0.29, 0.717) is 0 Å². The second-order valence-electron chi connectivity index (χ2n) is 2.78. The molecule has 0 radical (unpaired) electrons. The predicted molar refractivity (Wildman–Crippen MR) is 46.7 cm³/mol. The Hall–Kier alpha value is -1.57. The van der Waals surface area contributed by atoms with Crippen molar-refractivity contribution < 1.29 is 4.52 Å². The summed E-state index contributed by atoms with van der Waals surface area (Å²) >= 11 is 0. The van der Waals surface area contributed by atoms with Gasteiger partial charge < -0.3 is 4.52 Å². The number of hydrogen-bond donors (Lipinski definition) is 0. The van der Waals surface area contributed by atoms with Gasteiger partial charge in [-0.1, -0.05) is 35.0 Å². The van der Waals surface area contributed by atoms with Crippen molar-refractivity contribution >= 4 is 0 Å². The first-order valence-corrected chi connectivity index (χ1v) is 3.83. The van der Waals surface area contributed by atoms with Crippen LogP contribution in [0.25, 0.3) is 11.1 Å². The van der Waals surface area contributed by atoms with Crippen LogP contribution in [0, 0.1) is 6.92 Å². The van der Waals surface area contributed by atoms with Crippen LogP contribution >= 0.6 is 0 Å². The van der Waals surface area contributed by atoms with E-state index < -0.39 is 0 Å². The van der Waals surface area contributed by atoms with E-state index in [4.69, 9.17) is 4.52 Å². The fraction of sp³-hybridized carbons (Fsp3) is 0.100. The van der Waals surface area contributed by atoms with Gasteiger partial charge in [-0.15, -0.1) is 0 Å². The molecule has 0 bridgehead atoms. The molecule has 12 heavy (non-hydrogen) atoms. The van der Waals surface area contributed by atoms with E-state index in [0.717, 1.165) is 11.1 Å². The Labute approximate surface area is 70.8 Å². The van der Waals surface area contributed by atoms with Crippen molar-refractivity contribution in [3.05, 3.63) is 42.3 Å². The Morgan fingerprint density at radius 3 is 2.83 bits per heavy atom. The van der Waals surface area contributed by atoms with Crippen molar-refractivity contribution in [1.82, 2.24) is 5.16 Å². The zero-order valence-corrected chi connectivity index (χ0v) is 6.82. The van der Waals surface area contributed by atoms with Gasteiger partial charge >= 0.3 is 0 Å². The SMILES string of the molecule is Cc1cccc(-c2cnoc2)c1. The number of nitrogens with zero attached hydrogens (tertiary/aromatic N) is 1. The molecule has 60 valence electrons. The summed E-state index contributed by atoms with van der Waals surface area (Å²) in [6, 6.07) is 8.24. The minimum absolute atomic E-state index is 1.03. The Morgan fingerprint density at radius 1 is 1.25 bits per heavy atom. The Bertz CT molecular complexity index is 365. The van der Waals surface area contributed by atoms with Gasteiger partial charge in [-0.3, -0.25) is 0 Å². The van der Waals surface area contributed by atoms with E-state index >= 15 is 0 Å². The molecule has 0 saturated carbocycles. The lowest BCUT2D eigenvalue weighted by Crippen LogP contribution is -1.75. The quantitative estimate of drug-likeness (QED) is 0.639. The van der Waals surface area contributed by atoms with Gasteiger partial charge in [-0.2, -0.15) is 0 Å². The van der Waals surface area contributed by atoms with Crippen molar-refractivity contribution in [2.45, 2.75) is 6.92 Å². The topological polar surface area (TPSA) is 26.0 Å². The third-order valence-corrected chi connectivity index (χ3v) is 1.78. The summed E-state index contributed by atoms with van der Waals surface area (Å²) in [5.41, 5.74) is 3.42. The van der Waals surface area contributed by atoms with Gasteiger partial charge in [-0.05, 0) is 12.5 Å². The molecule has 2 rings (SSSR count). The number of rotatable bonds is 1. The van der Waals surface area contributed by atoms with Crippen molar-refractivity contribution in [2.75, 3.05) is 0 Å². The molecule has 2 nitrogen and oxygen atoms in total. The first kappa shape index (κ1) is 7.10. The van der Waals surface area contributed by atoms with E-state index in [-0.39, 0.29) is 0 Å². The predicted octanol–water partition coefficient (Wildman–Crippen LogP) is 2.65. The molecule has 0 unspecified atom stereocenters. The normalized spacial score (nSPS) is 10.1. The minimum atomic E-state index is 1.03. The molecule has 1 aromatic carbocycles. The number of benzene rings is 1. The molecule has 2 aromatic rings. The molecular formula is C10H9NO. The molecule has 0 aliphatic heterocycles. The summed E-state index contributed by atoms with van der Waals surface area (Å²) in [7, 11) is 0. The first-order valence-electron chi connectivity index (χ1n) is 3.83. The van der Waals surface area contributed by atoms with E-state index in [2.05, 4.69) is 24.2 Å². The molecule has 0 spiro atoms. The molecule has 0 aliphatic carbocycles. The highest BCUT2D eigenvalue weighted by Crippen LogP contribution is 2.18. The van der Waals surface area contributed by atoms with Crippen molar-refractivity contribution in [1.29, 1.82) is 0 Å². The van der Waals surface area contributed by atoms with Gasteiger partial charge in [-0.25, -0.2) is 0 Å². The Morgan fingerprint density at radius 2 is 2.17 bits per heavy atom. The maximum Gasteiger partial charge on any atom is 0.131 e. The molecule has 0 aliphatic rings. The van der Waals surface area contributed by atoms with Gasteiger partial charge in [0.1, 0.15) is 6.26 Å². The highest BCUT2D eigenvalue weighted by molar-refractivity contribution is 5.61. The van der Waals surface area contributed by atoms with Crippen LogP contribution in [0.4, 0.5) is 0 Å². The highest BCUT2D eigenvalue weighted by atomic mass is 16.5. The molecule has 0 saturated heterocycles. The first-order chi connectivity index (χ1) is 5.86. The fourth-order valence-electron chi connectivity index (χ4n) is 1.17. The van der Waals surface area contributed by atoms with Crippen molar-refractivity contribution in [3.63, 3.8) is 0 Å². The minimum Gasteiger partial charge on any atom is -0.364 e. The van der Waals surface area contributed by atoms with Crippen LogP contribution in [0.5, 0.6) is 0 Å². The Balaban J connectivity index is 2.48. The van der Waals surface area contributed by atoms with Crippen LogP contribution in [-0.4, -0.2) is 5.16 Å². The molecule has 1 heterocycles. The molecule has 0 fully saturated rings. The zero-order valence-electron chi connectivity index (χ0n) is 6.82. The average molecular weight is 159 g/mol. The number of hydrogen-bond acceptors (Lipinski definition) is 2. The highest BCUT2D eigenvalue weighted by Gasteiger charge is 1.98. The van der Waals surface area contributed by atoms with E-state index in [1.54, 1.807) is 12.5 Å². The zero-order chi connectivity index (χ0) is 8.39. The van der Waals surface area contributed by atoms with Gasteiger partial charge in [0, 0.05) is 5.56 Å². The lowest BCUT2D eigenvalue weighted by atomic mass is 10.1. The lowest BCUT2D eigenvalue weighted by Gasteiger charge is -1.96. The Kier molecular flexibility index (Phi) is 1.67. The van der Waals surface area contributed by atoms with E-state index in [1.807, 2.05) is 12.1 Å². The van der Waals surface area contributed by atoms with Crippen molar-refractivity contribution in [2.24, 2.45) is 0 Å². The maximum atomic E-state index is 4.76. The van der Waals surface area contributed by atoms with Crippen LogP contribution in [0.1, 0.15) is 5.56 Å². The largest absolute Gasteiger partial charge is 0.364 e. The van der Waals surface area contributed by atoms with Gasteiger partial charge in [0.2, 0.25) is 0 Å². The van der Waals surface area contributed by atoms with E-state index in [9.17, 15) is 0 Å². The maximum absolute atomic E-state index is 4.76. The summed E-state index contributed by atoms with van der Waals surface area (Å²) in [5, 5.41) is 3.65. The van der Waals surface area contributed by atoms with Gasteiger partial charge in [0.05, 0.1) is 6.20 Å². The lowest BCUT2D eigenvalue weighted by molar-refractivity contribution is 0.420. The summed E-state index contributed by atoms with van der Waals surface area (Å²) in [4.78, 5) is 0. The summed E-state index contributed by atoms with van der Waals surface area (Å²) in [5.74, 6) is 0. The van der Waals surface area contributed by atoms with Gasteiger partial charge in [0.15, 0.2) is 0 Å². The fourth-order valence-corrected chi connectivity index (χ4v) is 1.17.